The number of H-pyrrole nitrogens is 1. The van der Waals surface area contributed by atoms with E-state index in [0.29, 0.717) is 30.9 Å². The topological polar surface area (TPSA) is 105 Å². The number of nitrogens with one attached hydrogen (secondary N) is 1. The molecule has 0 saturated heterocycles. The van der Waals surface area contributed by atoms with Crippen LogP contribution in [-0.2, 0) is 19.5 Å². The first-order valence-electron chi connectivity index (χ1n) is 8.58. The number of nitrogens with zero attached hydrogens (tertiary/aromatic N) is 4. The van der Waals surface area contributed by atoms with Gasteiger partial charge in [-0.1, -0.05) is 12.1 Å². The van der Waals surface area contributed by atoms with Crippen molar-refractivity contribution < 1.29 is 4.92 Å². The molecule has 0 aliphatic carbocycles. The lowest BCUT2D eigenvalue weighted by atomic mass is 10.1. The Morgan fingerprint density at radius 2 is 2.15 bits per heavy atom. The molecule has 1 aliphatic heterocycles. The zero-order valence-corrected chi connectivity index (χ0v) is 14.5. The minimum absolute atomic E-state index is 0.0746. The van der Waals surface area contributed by atoms with Crippen LogP contribution in [0.3, 0.4) is 0 Å². The van der Waals surface area contributed by atoms with Crippen LogP contribution >= 0.6 is 0 Å². The third-order valence-corrected chi connectivity index (χ3v) is 4.61. The largest absolute Gasteiger partial charge is 0.306 e. The number of hydrogen-bond donors (Lipinski definition) is 1. The van der Waals surface area contributed by atoms with Gasteiger partial charge in [0.25, 0.3) is 11.2 Å². The lowest BCUT2D eigenvalue weighted by Gasteiger charge is -2.27. The van der Waals surface area contributed by atoms with Gasteiger partial charge < -0.3 is 4.98 Å². The van der Waals surface area contributed by atoms with E-state index in [4.69, 9.17) is 0 Å². The number of nitro benzene ring substituents is 1. The Morgan fingerprint density at radius 1 is 1.26 bits per heavy atom. The van der Waals surface area contributed by atoms with Gasteiger partial charge in [-0.05, 0) is 17.7 Å². The summed E-state index contributed by atoms with van der Waals surface area (Å²) in [7, 11) is 0. The molecule has 0 saturated carbocycles. The number of aromatic amines is 1. The number of pyridine rings is 1. The summed E-state index contributed by atoms with van der Waals surface area (Å²) in [6.07, 6.45) is 4.00. The molecule has 3 heterocycles. The summed E-state index contributed by atoms with van der Waals surface area (Å²) in [5.41, 5.74) is 3.00. The van der Waals surface area contributed by atoms with Crippen molar-refractivity contribution in [3.63, 3.8) is 0 Å². The fourth-order valence-corrected chi connectivity index (χ4v) is 3.28. The number of fused-ring (bicyclic) bond motifs is 1. The van der Waals surface area contributed by atoms with Gasteiger partial charge in [-0.15, -0.1) is 0 Å². The van der Waals surface area contributed by atoms with Gasteiger partial charge in [0, 0.05) is 56.1 Å². The zero-order chi connectivity index (χ0) is 18.8. The Hall–Kier alpha value is -3.39. The summed E-state index contributed by atoms with van der Waals surface area (Å²) < 4.78 is 0. The first-order chi connectivity index (χ1) is 13.1. The zero-order valence-electron chi connectivity index (χ0n) is 14.5. The first kappa shape index (κ1) is 17.0. The molecule has 1 aromatic carbocycles. The summed E-state index contributed by atoms with van der Waals surface area (Å²) in [5.74, 6) is 0.527. The molecule has 0 radical (unpaired) electrons. The molecule has 1 N–H and O–H groups in total. The highest BCUT2D eigenvalue weighted by Crippen LogP contribution is 2.21. The number of hydrogen-bond acceptors (Lipinski definition) is 6. The second-order valence-corrected chi connectivity index (χ2v) is 6.47. The quantitative estimate of drug-likeness (QED) is 0.563. The molecular formula is C19H17N5O3. The van der Waals surface area contributed by atoms with Gasteiger partial charge in [-0.25, -0.2) is 4.98 Å². The number of non-ortho nitro benzene ring substituents is 1. The Kier molecular flexibility index (Phi) is 4.47. The van der Waals surface area contributed by atoms with Crippen LogP contribution < -0.4 is 5.56 Å². The van der Waals surface area contributed by atoms with Gasteiger partial charge in [0.05, 0.1) is 16.2 Å². The first-order valence-corrected chi connectivity index (χ1v) is 8.58. The minimum atomic E-state index is -0.399. The van der Waals surface area contributed by atoms with E-state index >= 15 is 0 Å². The van der Waals surface area contributed by atoms with Crippen LogP contribution in [0.2, 0.25) is 0 Å². The third kappa shape index (κ3) is 3.61. The molecule has 4 rings (SSSR count). The number of nitro groups is 1. The highest BCUT2D eigenvalue weighted by molar-refractivity contribution is 5.53. The average molecular weight is 363 g/mol. The van der Waals surface area contributed by atoms with Crippen LogP contribution in [-0.4, -0.2) is 31.3 Å². The van der Waals surface area contributed by atoms with Crippen molar-refractivity contribution >= 4 is 5.69 Å². The standard InChI is InChI=1S/C19H17N5O3/c25-19-16-12-23(11-13-3-1-5-15(9-13)24(26)27)8-6-17(16)21-18(22-19)14-4-2-7-20-10-14/h1-5,7,9-10H,6,8,11-12H2,(H,21,22,25). The third-order valence-electron chi connectivity index (χ3n) is 4.61. The summed E-state index contributed by atoms with van der Waals surface area (Å²) >= 11 is 0. The van der Waals surface area contributed by atoms with Crippen LogP contribution in [0.4, 0.5) is 5.69 Å². The highest BCUT2D eigenvalue weighted by atomic mass is 16.6. The smallest absolute Gasteiger partial charge is 0.269 e. The predicted octanol–water partition coefficient (Wildman–Crippen LogP) is 2.30. The van der Waals surface area contributed by atoms with E-state index in [1.807, 2.05) is 12.1 Å². The second kappa shape index (κ2) is 7.08. The van der Waals surface area contributed by atoms with E-state index in [1.165, 1.54) is 6.07 Å². The van der Waals surface area contributed by atoms with Crippen molar-refractivity contribution in [2.24, 2.45) is 0 Å². The molecule has 0 spiro atoms. The molecule has 136 valence electrons. The Labute approximate surface area is 154 Å². The predicted molar refractivity (Wildman–Crippen MR) is 99.0 cm³/mol. The van der Waals surface area contributed by atoms with Crippen molar-refractivity contribution in [3.8, 4) is 11.4 Å². The lowest BCUT2D eigenvalue weighted by molar-refractivity contribution is -0.384. The molecule has 8 heteroatoms. The van der Waals surface area contributed by atoms with E-state index in [0.717, 1.165) is 23.4 Å². The van der Waals surface area contributed by atoms with Crippen molar-refractivity contribution in [2.75, 3.05) is 6.54 Å². The fourth-order valence-electron chi connectivity index (χ4n) is 3.28. The van der Waals surface area contributed by atoms with Crippen LogP contribution in [0.25, 0.3) is 11.4 Å². The van der Waals surface area contributed by atoms with Crippen LogP contribution in [0.15, 0.2) is 53.6 Å². The summed E-state index contributed by atoms with van der Waals surface area (Å²) in [5, 5.41) is 10.9. The lowest BCUT2D eigenvalue weighted by Crippen LogP contribution is -2.35. The number of rotatable bonds is 4. The van der Waals surface area contributed by atoms with Gasteiger partial charge in [0.2, 0.25) is 0 Å². The monoisotopic (exact) mass is 363 g/mol. The van der Waals surface area contributed by atoms with Gasteiger partial charge in [0.1, 0.15) is 5.82 Å². The second-order valence-electron chi connectivity index (χ2n) is 6.47. The molecule has 27 heavy (non-hydrogen) atoms. The maximum Gasteiger partial charge on any atom is 0.269 e. The molecule has 1 aliphatic rings. The van der Waals surface area contributed by atoms with Crippen LogP contribution in [0, 0.1) is 10.1 Å². The molecule has 0 fully saturated rings. The van der Waals surface area contributed by atoms with Crippen molar-refractivity contribution in [1.82, 2.24) is 19.9 Å². The summed E-state index contributed by atoms with van der Waals surface area (Å²) in [6.45, 7) is 1.75. The molecule has 0 atom stereocenters. The Morgan fingerprint density at radius 3 is 2.93 bits per heavy atom. The SMILES string of the molecule is O=c1[nH]c(-c2cccnc2)nc2c1CN(Cc1cccc([N+](=O)[O-])c1)CC2. The fraction of sp³-hybridized carbons (Fsp3) is 0.211. The molecule has 0 unspecified atom stereocenters. The van der Waals surface area contributed by atoms with Crippen molar-refractivity contribution in [1.29, 1.82) is 0 Å². The Balaban J connectivity index is 1.56. The maximum atomic E-state index is 12.6. The van der Waals surface area contributed by atoms with E-state index in [-0.39, 0.29) is 11.2 Å². The van der Waals surface area contributed by atoms with Gasteiger partial charge in [-0.3, -0.25) is 24.8 Å². The van der Waals surface area contributed by atoms with Crippen molar-refractivity contribution in [2.45, 2.75) is 19.5 Å². The summed E-state index contributed by atoms with van der Waals surface area (Å²) in [6, 6.07) is 10.2. The van der Waals surface area contributed by atoms with E-state index in [2.05, 4.69) is 19.9 Å². The van der Waals surface area contributed by atoms with Crippen LogP contribution in [0.1, 0.15) is 16.8 Å². The normalized spacial score (nSPS) is 13.9. The number of benzene rings is 1. The minimum Gasteiger partial charge on any atom is -0.306 e. The van der Waals surface area contributed by atoms with E-state index in [1.54, 1.807) is 30.6 Å². The Bertz CT molecular complexity index is 1050. The molecule has 3 aromatic rings. The van der Waals surface area contributed by atoms with Gasteiger partial charge in [0.15, 0.2) is 0 Å². The summed E-state index contributed by atoms with van der Waals surface area (Å²) in [4.78, 5) is 36.7. The van der Waals surface area contributed by atoms with E-state index < -0.39 is 4.92 Å². The molecular weight excluding hydrogens is 346 g/mol. The molecule has 0 bridgehead atoms. The van der Waals surface area contributed by atoms with Gasteiger partial charge >= 0.3 is 0 Å². The van der Waals surface area contributed by atoms with E-state index in [9.17, 15) is 14.9 Å². The average Bonchev–Trinajstić information content (AvgIpc) is 2.69. The molecule has 2 aromatic heterocycles. The number of aromatic nitrogens is 3. The molecule has 8 nitrogen and oxygen atoms in total. The van der Waals surface area contributed by atoms with Crippen LogP contribution in [0.5, 0.6) is 0 Å². The van der Waals surface area contributed by atoms with Gasteiger partial charge in [-0.2, -0.15) is 0 Å². The highest BCUT2D eigenvalue weighted by Gasteiger charge is 2.22. The molecule has 0 amide bonds. The maximum absolute atomic E-state index is 12.6. The van der Waals surface area contributed by atoms with Crippen molar-refractivity contribution in [3.05, 3.63) is 86.1 Å².